The van der Waals surface area contributed by atoms with E-state index in [0.717, 1.165) is 44.2 Å². The van der Waals surface area contributed by atoms with Crippen LogP contribution < -0.4 is 54.6 Å². The highest BCUT2D eigenvalue weighted by Crippen LogP contribution is 2.59. The number of fused-ring (bicyclic) bond motifs is 4. The smallest absolute Gasteiger partial charge is 0.356 e. The normalized spacial score (nSPS) is 21.6. The molecule has 121 heavy (non-hydrogen) atoms. The molecule has 4 fully saturated rings. The molecule has 0 amide bonds. The van der Waals surface area contributed by atoms with E-state index in [1.54, 1.807) is 68.5 Å². The standard InChI is InChI=1S/C19H24N5O6P.C18H19N6O5P.C18H22N5O6P.C18H22N5O5PS/c1-12-9-13(3-4-14(12)27-2)15-5-7-29-31(26,30-15)11-28-8-6-24-10-21-16-17(24)22-19(20)23-18(16)25;19-9-12-1-3-13(4-2-12)14-5-7-28-30(26,29-14)11-27-8-6-24-10-21-15-16(24)22-18(20)23-17(15)25;1-26-13-4-2-12(3-5-13)14-6-8-28-30(25,29-14)11-27-9-7-23-10-20-15-16(23)21-18(19)22-17(15)24;1-30-13-4-2-12(3-5-13)14-6-8-27-29(25,28-14)11-26-9-7-23-10-20-15-16(23)21-18(19)22-17(15)24/h3-4,9-10,15H,5-8,11H2,1-2H3,(H3,20,22,23,25);1-4,10,14H,5-8,11H2,(H3,20,22,23,25);2*2-5,10,14H,6-9,11H2,1H3,(H3,19,21,22,24). The predicted octanol–water partition coefficient (Wildman–Crippen LogP) is 9.11. The third-order valence-corrected chi connectivity index (χ3v) is 26.2. The van der Waals surface area contributed by atoms with Crippen LogP contribution in [0.25, 0.3) is 44.7 Å². The van der Waals surface area contributed by atoms with Gasteiger partial charge < -0.3 is 87.7 Å². The second-order valence-electron chi connectivity index (χ2n) is 27.2. The van der Waals surface area contributed by atoms with Gasteiger partial charge in [-0.2, -0.15) is 25.2 Å². The van der Waals surface area contributed by atoms with Crippen LogP contribution in [0.15, 0.2) is 140 Å². The lowest BCUT2D eigenvalue weighted by molar-refractivity contribution is 0.0559. The molecule has 43 nitrogen and oxygen atoms in total. The Balaban J connectivity index is 0.000000139. The Bertz CT molecular complexity index is 5940. The van der Waals surface area contributed by atoms with E-state index in [1.807, 2.05) is 79.9 Å². The van der Waals surface area contributed by atoms with Crippen LogP contribution in [-0.4, -0.2) is 177 Å². The molecule has 0 spiro atoms. The lowest BCUT2D eigenvalue weighted by atomic mass is 10.0. The first-order valence-corrected chi connectivity index (χ1v) is 45.7. The van der Waals surface area contributed by atoms with E-state index in [1.165, 1.54) is 25.3 Å². The number of nitrogens with zero attached hydrogens (tertiary/aromatic N) is 13. The molecule has 0 radical (unpaired) electrons. The molecule has 8 unspecified atom stereocenters. The number of aromatic amines is 4. The summed E-state index contributed by atoms with van der Waals surface area (Å²) >= 11 is 1.66. The van der Waals surface area contributed by atoms with Crippen LogP contribution in [0.2, 0.25) is 0 Å². The summed E-state index contributed by atoms with van der Waals surface area (Å²) in [6.45, 7) is 5.34. The van der Waals surface area contributed by atoms with Crippen LogP contribution >= 0.6 is 42.1 Å². The average molecular weight is 1770 g/mol. The summed E-state index contributed by atoms with van der Waals surface area (Å²) in [5.41, 5.74) is 28.0. The Morgan fingerprint density at radius 3 is 1.03 bits per heavy atom. The van der Waals surface area contributed by atoms with E-state index in [-0.39, 0.29) is 123 Å². The molecule has 642 valence electrons. The Morgan fingerprint density at radius 1 is 0.446 bits per heavy atom. The second kappa shape index (κ2) is 39.9. The highest BCUT2D eigenvalue weighted by molar-refractivity contribution is 7.98. The van der Waals surface area contributed by atoms with Crippen molar-refractivity contribution < 1.29 is 82.9 Å². The summed E-state index contributed by atoms with van der Waals surface area (Å²) in [5.74, 6) is 1.55. The van der Waals surface area contributed by atoms with Gasteiger partial charge in [0.05, 0.1) is 128 Å². The minimum absolute atomic E-state index is 0.00236. The van der Waals surface area contributed by atoms with Crippen molar-refractivity contribution in [2.75, 3.05) is 122 Å². The predicted molar refractivity (Wildman–Crippen MR) is 442 cm³/mol. The molecule has 0 aliphatic carbocycles. The van der Waals surface area contributed by atoms with Crippen molar-refractivity contribution in [3.8, 4) is 17.6 Å². The van der Waals surface area contributed by atoms with Gasteiger partial charge in [0, 0.05) is 56.8 Å². The Kier molecular flexibility index (Phi) is 29.1. The lowest BCUT2D eigenvalue weighted by Crippen LogP contribution is -2.17. The van der Waals surface area contributed by atoms with Gasteiger partial charge in [-0.05, 0) is 89.5 Å². The first-order chi connectivity index (χ1) is 58.3. The third kappa shape index (κ3) is 22.6. The number of ether oxygens (including phenoxy) is 6. The topological polar surface area (TPSA) is 580 Å². The number of nitrogen functional groups attached to an aromatic ring is 4. The summed E-state index contributed by atoms with van der Waals surface area (Å²) in [5, 5.41) is 8.90. The molecule has 12 N–H and O–H groups in total. The molecule has 0 bridgehead atoms. The van der Waals surface area contributed by atoms with Crippen LogP contribution in [0.1, 0.15) is 83.5 Å². The number of anilines is 4. The first-order valence-electron chi connectivity index (χ1n) is 37.5. The van der Waals surface area contributed by atoms with Gasteiger partial charge in [-0.3, -0.25) is 75.5 Å². The van der Waals surface area contributed by atoms with Crippen LogP contribution in [0, 0.1) is 18.3 Å². The molecule has 8 aromatic heterocycles. The zero-order valence-corrected chi connectivity index (χ0v) is 70.1. The summed E-state index contributed by atoms with van der Waals surface area (Å²) < 4.78 is 136. The minimum Gasteiger partial charge on any atom is -0.497 e. The molecule has 4 aromatic carbocycles. The number of nitrogens with two attached hydrogens (primary N) is 4. The number of benzene rings is 4. The quantitative estimate of drug-likeness (QED) is 0.0135. The number of nitrogens with one attached hydrogen (secondary N) is 4. The average Bonchev–Trinajstić information content (AvgIpc) is 1.62. The van der Waals surface area contributed by atoms with Gasteiger partial charge in [0.15, 0.2) is 44.7 Å². The fourth-order valence-electron chi connectivity index (χ4n) is 12.9. The summed E-state index contributed by atoms with van der Waals surface area (Å²) in [6.07, 6.45) is 8.21. The van der Waals surface area contributed by atoms with Crippen molar-refractivity contribution in [2.24, 2.45) is 0 Å². The van der Waals surface area contributed by atoms with Crippen molar-refractivity contribution in [1.82, 2.24) is 78.1 Å². The van der Waals surface area contributed by atoms with Crippen LogP contribution in [0.3, 0.4) is 0 Å². The maximum absolute atomic E-state index is 13.0. The number of aryl methyl sites for hydroxylation is 1. The third-order valence-electron chi connectivity index (χ3n) is 18.9. The Morgan fingerprint density at radius 2 is 0.744 bits per heavy atom. The van der Waals surface area contributed by atoms with Crippen LogP contribution in [-0.2, 0) is 99.6 Å². The largest absolute Gasteiger partial charge is 0.497 e. The summed E-state index contributed by atoms with van der Waals surface area (Å²) in [7, 11) is -10.4. The van der Waals surface area contributed by atoms with Crippen molar-refractivity contribution in [3.63, 3.8) is 0 Å². The zero-order chi connectivity index (χ0) is 85.4. The Hall–Kier alpha value is -10.6. The van der Waals surface area contributed by atoms with Crippen LogP contribution in [0.5, 0.6) is 11.5 Å². The molecular weight excluding hydrogens is 1680 g/mol. The molecule has 48 heteroatoms. The number of aromatic nitrogens is 16. The molecule has 8 atom stereocenters. The molecule has 16 rings (SSSR count). The number of methoxy groups -OCH3 is 2. The highest BCUT2D eigenvalue weighted by Gasteiger charge is 2.39. The number of imidazole rings is 4. The second-order valence-corrected chi connectivity index (χ2v) is 35.9. The maximum Gasteiger partial charge on any atom is 0.356 e. The van der Waals surface area contributed by atoms with Crippen LogP contribution in [0.4, 0.5) is 23.8 Å². The SMILES string of the molecule is COc1ccc(C2CCOP(=O)(COCCn3cnc4c(=O)[nH]c(N)nc43)O2)cc1.COc1ccc(C2CCOP(=O)(COCCn3cnc4c(=O)[nH]c(N)nc43)O2)cc1C.CSc1ccc(C2CCOP(=O)(COCCn3cnc4c(=O)[nH]c(N)nc43)O2)cc1.N#Cc1ccc(C2CCOP(=O)(COCCn3cnc4c(=O)[nH]c(N)nc43)O2)cc1. The van der Waals surface area contributed by atoms with E-state index in [9.17, 15) is 37.4 Å². The molecule has 0 saturated carbocycles. The van der Waals surface area contributed by atoms with E-state index >= 15 is 0 Å². The van der Waals surface area contributed by atoms with Gasteiger partial charge in [0.2, 0.25) is 23.8 Å². The minimum atomic E-state index is -3.43. The molecule has 12 heterocycles. The molecular formula is C73H87N21O22P4S. The lowest BCUT2D eigenvalue weighted by Gasteiger charge is -2.30. The van der Waals surface area contributed by atoms with Crippen molar-refractivity contribution in [3.05, 3.63) is 191 Å². The van der Waals surface area contributed by atoms with Gasteiger partial charge in [0.1, 0.15) is 36.9 Å². The van der Waals surface area contributed by atoms with Crippen molar-refractivity contribution in [1.29, 1.82) is 5.26 Å². The van der Waals surface area contributed by atoms with E-state index in [2.05, 4.69) is 65.9 Å². The van der Waals surface area contributed by atoms with Gasteiger partial charge in [-0.1, -0.05) is 42.5 Å². The number of hydrogen-bond donors (Lipinski definition) is 8. The molecule has 4 aliphatic rings. The number of H-pyrrole nitrogens is 4. The summed E-state index contributed by atoms with van der Waals surface area (Å²) in [6, 6.07) is 30.2. The number of rotatable bonds is 27. The zero-order valence-electron chi connectivity index (χ0n) is 65.7. The summed E-state index contributed by atoms with van der Waals surface area (Å²) in [4.78, 5) is 90.5. The van der Waals surface area contributed by atoms with Crippen molar-refractivity contribution >= 4 is 111 Å². The highest BCUT2D eigenvalue weighted by atomic mass is 32.2. The monoisotopic (exact) mass is 1770 g/mol. The fourth-order valence-corrected chi connectivity index (χ4v) is 19.5. The van der Waals surface area contributed by atoms with Gasteiger partial charge in [-0.25, -0.2) is 19.9 Å². The van der Waals surface area contributed by atoms with Crippen molar-refractivity contribution in [2.45, 2.75) is 88.1 Å². The van der Waals surface area contributed by atoms with Gasteiger partial charge >= 0.3 is 30.4 Å². The number of hydrogen-bond acceptors (Lipinski definition) is 36. The molecule has 4 aliphatic heterocycles. The molecule has 12 aromatic rings. The Labute approximate surface area is 691 Å². The first kappa shape index (κ1) is 88.2. The van der Waals surface area contributed by atoms with E-state index in [0.29, 0.717) is 99.8 Å². The van der Waals surface area contributed by atoms with Gasteiger partial charge in [0.25, 0.3) is 22.2 Å². The van der Waals surface area contributed by atoms with E-state index < -0.39 is 58.7 Å². The number of nitriles is 1. The number of thioether (sulfide) groups is 1. The molecule has 4 saturated heterocycles. The maximum atomic E-state index is 13.0. The van der Waals surface area contributed by atoms with Gasteiger partial charge in [-0.15, -0.1) is 11.8 Å². The van der Waals surface area contributed by atoms with E-state index in [4.69, 9.17) is 92.8 Å². The fraction of sp³-hybridized carbons (Fsp3) is 0.384.